The SMILES string of the molecule is Cc1ccc(C=C(CN)B2OC(C)(C)C(C)(C)O2)cc1CO. The molecule has 0 aliphatic carbocycles. The highest BCUT2D eigenvalue weighted by Gasteiger charge is 2.52. The Morgan fingerprint density at radius 1 is 1.23 bits per heavy atom. The van der Waals surface area contributed by atoms with Crippen molar-refractivity contribution in [1.29, 1.82) is 0 Å². The first-order chi connectivity index (χ1) is 10.2. The molecule has 0 bridgehead atoms. The third-order valence-corrected chi connectivity index (χ3v) is 4.69. The molecule has 1 fully saturated rings. The van der Waals surface area contributed by atoms with Gasteiger partial charge in [0.05, 0.1) is 17.8 Å². The molecule has 1 heterocycles. The largest absolute Gasteiger partial charge is 0.491 e. The molecule has 0 aromatic heterocycles. The molecule has 1 saturated heterocycles. The van der Waals surface area contributed by atoms with Gasteiger partial charge in [-0.2, -0.15) is 0 Å². The average Bonchev–Trinajstić information content (AvgIpc) is 2.66. The molecule has 0 atom stereocenters. The Labute approximate surface area is 133 Å². The maximum atomic E-state index is 9.39. The van der Waals surface area contributed by atoms with E-state index in [4.69, 9.17) is 15.0 Å². The summed E-state index contributed by atoms with van der Waals surface area (Å²) in [5, 5.41) is 9.39. The maximum Gasteiger partial charge on any atom is 0.491 e. The third-order valence-electron chi connectivity index (χ3n) is 4.69. The minimum atomic E-state index is -0.436. The van der Waals surface area contributed by atoms with Gasteiger partial charge in [-0.3, -0.25) is 0 Å². The Morgan fingerprint density at radius 3 is 2.32 bits per heavy atom. The third kappa shape index (κ3) is 3.28. The van der Waals surface area contributed by atoms with E-state index in [1.807, 2.05) is 58.9 Å². The second-order valence-corrected chi connectivity index (χ2v) is 6.86. The van der Waals surface area contributed by atoms with Gasteiger partial charge in [0, 0.05) is 6.54 Å². The van der Waals surface area contributed by atoms with Crippen LogP contribution in [0.25, 0.3) is 6.08 Å². The van der Waals surface area contributed by atoms with Crippen LogP contribution >= 0.6 is 0 Å². The molecule has 2 rings (SSSR count). The van der Waals surface area contributed by atoms with Crippen molar-refractivity contribution < 1.29 is 14.4 Å². The molecule has 0 saturated carbocycles. The lowest BCUT2D eigenvalue weighted by molar-refractivity contribution is 0.00578. The summed E-state index contributed by atoms with van der Waals surface area (Å²) < 4.78 is 12.1. The van der Waals surface area contributed by atoms with Crippen LogP contribution in [0.5, 0.6) is 0 Å². The first-order valence-corrected chi connectivity index (χ1v) is 7.67. The molecule has 120 valence electrons. The summed E-state index contributed by atoms with van der Waals surface area (Å²) in [5.74, 6) is 0. The van der Waals surface area contributed by atoms with Gasteiger partial charge in [-0.1, -0.05) is 18.2 Å². The van der Waals surface area contributed by atoms with Gasteiger partial charge in [-0.15, -0.1) is 0 Å². The number of aliphatic hydroxyl groups excluding tert-OH is 1. The van der Waals surface area contributed by atoms with E-state index in [9.17, 15) is 5.11 Å². The van der Waals surface area contributed by atoms with Gasteiger partial charge in [0.15, 0.2) is 0 Å². The van der Waals surface area contributed by atoms with Crippen molar-refractivity contribution in [2.45, 2.75) is 52.4 Å². The quantitative estimate of drug-likeness (QED) is 0.839. The predicted molar refractivity (Wildman–Crippen MR) is 90.2 cm³/mol. The van der Waals surface area contributed by atoms with Crippen LogP contribution in [0.1, 0.15) is 44.4 Å². The first kappa shape index (κ1) is 17.2. The normalized spacial score (nSPS) is 20.5. The van der Waals surface area contributed by atoms with Gasteiger partial charge in [0.2, 0.25) is 0 Å². The van der Waals surface area contributed by atoms with Crippen molar-refractivity contribution in [1.82, 2.24) is 0 Å². The summed E-state index contributed by atoms with van der Waals surface area (Å²) in [6.07, 6.45) is 1.99. The van der Waals surface area contributed by atoms with E-state index in [0.29, 0.717) is 6.54 Å². The highest BCUT2D eigenvalue weighted by atomic mass is 16.7. The molecule has 1 aliphatic rings. The van der Waals surface area contributed by atoms with E-state index in [1.54, 1.807) is 0 Å². The zero-order valence-corrected chi connectivity index (χ0v) is 14.1. The lowest BCUT2D eigenvalue weighted by atomic mass is 9.77. The van der Waals surface area contributed by atoms with E-state index in [0.717, 1.165) is 22.2 Å². The molecule has 0 spiro atoms. The Morgan fingerprint density at radius 2 is 1.82 bits per heavy atom. The summed E-state index contributed by atoms with van der Waals surface area (Å²) in [6, 6.07) is 5.97. The van der Waals surface area contributed by atoms with Crippen LogP contribution in [0.3, 0.4) is 0 Å². The molecule has 0 unspecified atom stereocenters. The van der Waals surface area contributed by atoms with Crippen LogP contribution in [0, 0.1) is 6.92 Å². The Bertz CT molecular complexity index is 565. The van der Waals surface area contributed by atoms with Crippen LogP contribution in [-0.2, 0) is 15.9 Å². The van der Waals surface area contributed by atoms with E-state index in [-0.39, 0.29) is 17.8 Å². The molecule has 1 aromatic carbocycles. The fourth-order valence-corrected chi connectivity index (χ4v) is 2.38. The predicted octanol–water partition coefficient (Wildman–Crippen LogP) is 2.46. The second kappa shape index (κ2) is 6.16. The molecule has 3 N–H and O–H groups in total. The number of nitrogens with two attached hydrogens (primary N) is 1. The number of hydrogen-bond acceptors (Lipinski definition) is 4. The lowest BCUT2D eigenvalue weighted by Gasteiger charge is -2.32. The highest BCUT2D eigenvalue weighted by molar-refractivity contribution is 6.55. The molecular formula is C17H26BNO3. The fourth-order valence-electron chi connectivity index (χ4n) is 2.38. The minimum Gasteiger partial charge on any atom is -0.400 e. The number of rotatable bonds is 4. The maximum absolute atomic E-state index is 9.39. The standard InChI is InChI=1S/C17H26BNO3/c1-12-6-7-13(8-14(12)11-20)9-15(10-19)18-21-16(2,3)17(4,5)22-18/h6-9,20H,10-11,19H2,1-5H3. The monoisotopic (exact) mass is 303 g/mol. The van der Waals surface area contributed by atoms with Crippen molar-refractivity contribution in [3.8, 4) is 0 Å². The smallest absolute Gasteiger partial charge is 0.400 e. The first-order valence-electron chi connectivity index (χ1n) is 7.67. The van der Waals surface area contributed by atoms with Gasteiger partial charge in [0.25, 0.3) is 0 Å². The summed E-state index contributed by atoms with van der Waals surface area (Å²) in [5.41, 5.74) is 9.02. The van der Waals surface area contributed by atoms with Crippen LogP contribution < -0.4 is 5.73 Å². The van der Waals surface area contributed by atoms with Crippen molar-refractivity contribution in [2.24, 2.45) is 5.73 Å². The van der Waals surface area contributed by atoms with Crippen molar-refractivity contribution in [3.05, 3.63) is 40.4 Å². The van der Waals surface area contributed by atoms with Crippen molar-refractivity contribution in [3.63, 3.8) is 0 Å². The second-order valence-electron chi connectivity index (χ2n) is 6.86. The van der Waals surface area contributed by atoms with Crippen LogP contribution in [0.4, 0.5) is 0 Å². The number of aryl methyl sites for hydroxylation is 1. The molecule has 1 aliphatic heterocycles. The molecule has 0 amide bonds. The summed E-state index contributed by atoms with van der Waals surface area (Å²) >= 11 is 0. The number of aliphatic hydroxyl groups is 1. The molecule has 22 heavy (non-hydrogen) atoms. The van der Waals surface area contributed by atoms with Crippen LogP contribution in [-0.4, -0.2) is 30.0 Å². The summed E-state index contributed by atoms with van der Waals surface area (Å²) in [6.45, 7) is 10.5. The average molecular weight is 303 g/mol. The molecule has 4 nitrogen and oxygen atoms in total. The fraction of sp³-hybridized carbons (Fsp3) is 0.529. The zero-order chi connectivity index (χ0) is 16.5. The number of hydrogen-bond donors (Lipinski definition) is 2. The van der Waals surface area contributed by atoms with Crippen molar-refractivity contribution in [2.75, 3.05) is 6.54 Å². The van der Waals surface area contributed by atoms with Gasteiger partial charge in [-0.05, 0) is 62.8 Å². The van der Waals surface area contributed by atoms with E-state index >= 15 is 0 Å². The topological polar surface area (TPSA) is 64.7 Å². The van der Waals surface area contributed by atoms with Gasteiger partial charge in [0.1, 0.15) is 0 Å². The van der Waals surface area contributed by atoms with Crippen LogP contribution in [0.15, 0.2) is 23.7 Å². The van der Waals surface area contributed by atoms with Gasteiger partial charge < -0.3 is 20.1 Å². The number of benzene rings is 1. The molecule has 1 aromatic rings. The Kier molecular flexibility index (Phi) is 4.83. The molecule has 5 heteroatoms. The molecular weight excluding hydrogens is 277 g/mol. The highest BCUT2D eigenvalue weighted by Crippen LogP contribution is 2.38. The van der Waals surface area contributed by atoms with E-state index < -0.39 is 7.12 Å². The zero-order valence-electron chi connectivity index (χ0n) is 14.1. The Hall–Kier alpha value is -1.14. The van der Waals surface area contributed by atoms with E-state index in [1.165, 1.54) is 0 Å². The summed E-state index contributed by atoms with van der Waals surface area (Å²) in [4.78, 5) is 0. The lowest BCUT2D eigenvalue weighted by Crippen LogP contribution is -2.41. The molecule has 0 radical (unpaired) electrons. The minimum absolute atomic E-state index is 0.0297. The van der Waals surface area contributed by atoms with Crippen LogP contribution in [0.2, 0.25) is 0 Å². The Balaban J connectivity index is 2.29. The summed E-state index contributed by atoms with van der Waals surface area (Å²) in [7, 11) is -0.436. The van der Waals surface area contributed by atoms with E-state index in [2.05, 4.69) is 0 Å². The van der Waals surface area contributed by atoms with Gasteiger partial charge in [-0.25, -0.2) is 0 Å². The van der Waals surface area contributed by atoms with Crippen molar-refractivity contribution >= 4 is 13.2 Å². The van der Waals surface area contributed by atoms with Gasteiger partial charge >= 0.3 is 7.12 Å².